The molecule has 7 heteroatoms. The van der Waals surface area contributed by atoms with Crippen molar-refractivity contribution in [2.45, 2.75) is 44.3 Å². The van der Waals surface area contributed by atoms with Gasteiger partial charge in [0.15, 0.2) is 0 Å². The largest absolute Gasteiger partial charge is 0.330 e. The second kappa shape index (κ2) is 10.7. The van der Waals surface area contributed by atoms with E-state index in [1.807, 2.05) is 48.5 Å². The maximum absolute atomic E-state index is 12.8. The van der Waals surface area contributed by atoms with Gasteiger partial charge in [0.1, 0.15) is 0 Å². The molecule has 2 aromatic carbocycles. The molecule has 1 aliphatic heterocycles. The number of nitrogens with two attached hydrogens (primary N) is 2. The zero-order valence-electron chi connectivity index (χ0n) is 17.0. The predicted octanol–water partition coefficient (Wildman–Crippen LogP) is 2.02. The van der Waals surface area contributed by atoms with Gasteiger partial charge in [0.25, 0.3) is 0 Å². The van der Waals surface area contributed by atoms with Gasteiger partial charge < -0.3 is 11.5 Å². The number of hydrogen-bond donors (Lipinski definition) is 3. The maximum Gasteiger partial charge on any atom is 0.243 e. The Morgan fingerprint density at radius 2 is 1.93 bits per heavy atom. The number of likely N-dealkylation sites (tertiary alicyclic amines) is 1. The smallest absolute Gasteiger partial charge is 0.243 e. The van der Waals surface area contributed by atoms with E-state index < -0.39 is 11.9 Å². The van der Waals surface area contributed by atoms with E-state index in [0.717, 1.165) is 36.1 Å². The average Bonchev–Trinajstić information content (AvgIpc) is 3.19. The lowest BCUT2D eigenvalue weighted by molar-refractivity contribution is -0.133. The molecule has 30 heavy (non-hydrogen) atoms. The van der Waals surface area contributed by atoms with Crippen molar-refractivity contribution in [2.24, 2.45) is 11.5 Å². The van der Waals surface area contributed by atoms with Gasteiger partial charge in [-0.05, 0) is 67.6 Å². The summed E-state index contributed by atoms with van der Waals surface area (Å²) in [6.07, 6.45) is 2.75. The van der Waals surface area contributed by atoms with E-state index >= 15 is 0 Å². The van der Waals surface area contributed by atoms with Crippen molar-refractivity contribution in [1.29, 1.82) is 0 Å². The zero-order chi connectivity index (χ0) is 21.5. The molecule has 2 aromatic rings. The number of carbonyl (C=O) groups excluding carboxylic acids is 2. The Labute approximate surface area is 182 Å². The summed E-state index contributed by atoms with van der Waals surface area (Å²) in [5, 5.41) is 3.18. The SMILES string of the molecule is NCCc1ccc(Cl)cc1CN1CCC[C@H]1C(=O)NC(=O)[C@H](N)Cc1ccccc1. The molecule has 3 rings (SSSR count). The Bertz CT molecular complexity index is 875. The minimum absolute atomic E-state index is 0.289. The monoisotopic (exact) mass is 428 g/mol. The van der Waals surface area contributed by atoms with E-state index in [-0.39, 0.29) is 11.9 Å². The molecule has 6 nitrogen and oxygen atoms in total. The molecule has 0 unspecified atom stereocenters. The van der Waals surface area contributed by atoms with Gasteiger partial charge in [0, 0.05) is 11.6 Å². The Hall–Kier alpha value is -2.25. The number of benzene rings is 2. The van der Waals surface area contributed by atoms with Crippen LogP contribution in [0, 0.1) is 0 Å². The second-order valence-corrected chi connectivity index (χ2v) is 8.17. The number of imide groups is 1. The summed E-state index contributed by atoms with van der Waals surface area (Å²) in [7, 11) is 0. The molecule has 0 spiro atoms. The molecular formula is C23H29ClN4O2. The molecule has 1 fully saturated rings. The first-order chi connectivity index (χ1) is 14.5. The number of amides is 2. The van der Waals surface area contributed by atoms with Crippen molar-refractivity contribution in [3.05, 3.63) is 70.2 Å². The van der Waals surface area contributed by atoms with Gasteiger partial charge in [0.05, 0.1) is 12.1 Å². The summed E-state index contributed by atoms with van der Waals surface area (Å²) in [5.74, 6) is -0.731. The molecule has 5 N–H and O–H groups in total. The minimum atomic E-state index is -0.768. The normalized spacial score (nSPS) is 17.6. The third-order valence-corrected chi connectivity index (χ3v) is 5.74. The number of carbonyl (C=O) groups is 2. The van der Waals surface area contributed by atoms with Gasteiger partial charge in [0.2, 0.25) is 11.8 Å². The first-order valence-electron chi connectivity index (χ1n) is 10.3. The van der Waals surface area contributed by atoms with Crippen molar-refractivity contribution >= 4 is 23.4 Å². The van der Waals surface area contributed by atoms with Gasteiger partial charge in [-0.1, -0.05) is 48.0 Å². The summed E-state index contributed by atoms with van der Waals surface area (Å²) in [6, 6.07) is 14.2. The molecule has 1 saturated heterocycles. The summed E-state index contributed by atoms with van der Waals surface area (Å²) < 4.78 is 0. The van der Waals surface area contributed by atoms with Crippen LogP contribution < -0.4 is 16.8 Å². The Morgan fingerprint density at radius 3 is 2.67 bits per heavy atom. The number of rotatable bonds is 8. The lowest BCUT2D eigenvalue weighted by atomic mass is 10.0. The lowest BCUT2D eigenvalue weighted by Gasteiger charge is -2.25. The predicted molar refractivity (Wildman–Crippen MR) is 119 cm³/mol. The van der Waals surface area contributed by atoms with E-state index in [1.165, 1.54) is 0 Å². The van der Waals surface area contributed by atoms with Crippen molar-refractivity contribution in [1.82, 2.24) is 10.2 Å². The van der Waals surface area contributed by atoms with Crippen LogP contribution in [0.4, 0.5) is 0 Å². The quantitative estimate of drug-likeness (QED) is 0.597. The van der Waals surface area contributed by atoms with E-state index in [4.69, 9.17) is 23.1 Å². The highest BCUT2D eigenvalue weighted by Crippen LogP contribution is 2.24. The van der Waals surface area contributed by atoms with Crippen LogP contribution in [-0.4, -0.2) is 41.9 Å². The van der Waals surface area contributed by atoms with Gasteiger partial charge in [-0.2, -0.15) is 0 Å². The molecular weight excluding hydrogens is 400 g/mol. The van der Waals surface area contributed by atoms with Crippen LogP contribution in [0.5, 0.6) is 0 Å². The van der Waals surface area contributed by atoms with Gasteiger partial charge >= 0.3 is 0 Å². The van der Waals surface area contributed by atoms with E-state index in [1.54, 1.807) is 0 Å². The number of halogens is 1. The highest BCUT2D eigenvalue weighted by molar-refractivity contribution is 6.30. The van der Waals surface area contributed by atoms with Crippen molar-refractivity contribution in [2.75, 3.05) is 13.1 Å². The van der Waals surface area contributed by atoms with Crippen molar-refractivity contribution in [3.8, 4) is 0 Å². The summed E-state index contributed by atoms with van der Waals surface area (Å²) >= 11 is 6.18. The Balaban J connectivity index is 1.61. The first kappa shape index (κ1) is 22.4. The van der Waals surface area contributed by atoms with Crippen LogP contribution in [0.15, 0.2) is 48.5 Å². The number of nitrogens with one attached hydrogen (secondary N) is 1. The van der Waals surface area contributed by atoms with E-state index in [9.17, 15) is 9.59 Å². The van der Waals surface area contributed by atoms with E-state index in [2.05, 4.69) is 10.2 Å². The topological polar surface area (TPSA) is 101 Å². The molecule has 2 amide bonds. The first-order valence-corrected chi connectivity index (χ1v) is 10.7. The fraction of sp³-hybridized carbons (Fsp3) is 0.391. The molecule has 1 aliphatic rings. The third-order valence-electron chi connectivity index (χ3n) is 5.50. The van der Waals surface area contributed by atoms with Crippen LogP contribution in [0.25, 0.3) is 0 Å². The second-order valence-electron chi connectivity index (χ2n) is 7.73. The molecule has 0 saturated carbocycles. The van der Waals surface area contributed by atoms with Crippen LogP contribution >= 0.6 is 11.6 Å². The van der Waals surface area contributed by atoms with Gasteiger partial charge in [-0.15, -0.1) is 0 Å². The summed E-state index contributed by atoms with van der Waals surface area (Å²) in [5.41, 5.74) is 14.9. The fourth-order valence-corrected chi connectivity index (χ4v) is 4.13. The highest BCUT2D eigenvalue weighted by atomic mass is 35.5. The lowest BCUT2D eigenvalue weighted by Crippen LogP contribution is -2.50. The van der Waals surface area contributed by atoms with Crippen molar-refractivity contribution < 1.29 is 9.59 Å². The molecule has 1 heterocycles. The van der Waals surface area contributed by atoms with Crippen LogP contribution in [0.2, 0.25) is 5.02 Å². The van der Waals surface area contributed by atoms with E-state index in [0.29, 0.717) is 31.0 Å². The maximum atomic E-state index is 12.8. The van der Waals surface area contributed by atoms with Crippen LogP contribution in [-0.2, 0) is 29.0 Å². The molecule has 0 aromatic heterocycles. The summed E-state index contributed by atoms with van der Waals surface area (Å²) in [6.45, 7) is 1.93. The summed E-state index contributed by atoms with van der Waals surface area (Å²) in [4.78, 5) is 27.4. The standard InChI is InChI=1S/C23H29ClN4O2/c24-19-9-8-17(10-11-25)18(14-19)15-28-12-4-7-21(28)23(30)27-22(29)20(26)13-16-5-2-1-3-6-16/h1-3,5-6,8-9,14,20-21H,4,7,10-13,15,25-26H2,(H,27,29,30)/t20-,21+/m1/s1. The van der Waals surface area contributed by atoms with Gasteiger partial charge in [-0.3, -0.25) is 19.8 Å². The average molecular weight is 429 g/mol. The molecule has 0 bridgehead atoms. The van der Waals surface area contributed by atoms with Gasteiger partial charge in [-0.25, -0.2) is 0 Å². The molecule has 2 atom stereocenters. The number of nitrogens with zero attached hydrogens (tertiary/aromatic N) is 1. The Morgan fingerprint density at radius 1 is 1.17 bits per heavy atom. The minimum Gasteiger partial charge on any atom is -0.330 e. The zero-order valence-corrected chi connectivity index (χ0v) is 17.8. The molecule has 160 valence electrons. The van der Waals surface area contributed by atoms with Crippen LogP contribution in [0.1, 0.15) is 29.5 Å². The molecule has 0 radical (unpaired) electrons. The van der Waals surface area contributed by atoms with Crippen molar-refractivity contribution in [3.63, 3.8) is 0 Å². The molecule has 0 aliphatic carbocycles. The fourth-order valence-electron chi connectivity index (χ4n) is 3.93. The highest BCUT2D eigenvalue weighted by Gasteiger charge is 2.32. The Kier molecular flexibility index (Phi) is 7.99. The number of hydrogen-bond acceptors (Lipinski definition) is 5. The third kappa shape index (κ3) is 5.89. The van der Waals surface area contributed by atoms with Crippen LogP contribution in [0.3, 0.4) is 0 Å².